The maximum atomic E-state index is 11.6. The molecule has 2 amide bonds. The molecule has 0 bridgehead atoms. The number of ether oxygens (including phenoxy) is 3. The Bertz CT molecular complexity index is 1740. The van der Waals surface area contributed by atoms with E-state index in [0.717, 1.165) is 47.2 Å². The summed E-state index contributed by atoms with van der Waals surface area (Å²) < 4.78 is 14.3. The normalized spacial score (nSPS) is 11.9. The van der Waals surface area contributed by atoms with E-state index in [-0.39, 0.29) is 75.2 Å². The molecule has 1 aromatic heterocycles. The third-order valence-corrected chi connectivity index (χ3v) is 15.9. The van der Waals surface area contributed by atoms with Crippen LogP contribution in [0.5, 0.6) is 0 Å². The van der Waals surface area contributed by atoms with Crippen LogP contribution in [0, 0.1) is 18.5 Å². The summed E-state index contributed by atoms with van der Waals surface area (Å²) in [5.41, 5.74) is 20.2. The van der Waals surface area contributed by atoms with E-state index in [1.807, 2.05) is 0 Å². The summed E-state index contributed by atoms with van der Waals surface area (Å²) >= 11 is 0. The van der Waals surface area contributed by atoms with Gasteiger partial charge in [-0.25, -0.2) is 19.2 Å². The number of alkyl carbamates (subject to hydrolysis) is 2. The number of aliphatic carboxylic acids is 2. The van der Waals surface area contributed by atoms with Crippen LogP contribution in [-0.2, 0) is 75.2 Å². The molecule has 2 atom stereocenters. The largest absolute Gasteiger partial charge is 1.00 e. The van der Waals surface area contributed by atoms with E-state index < -0.39 is 36.2 Å². The molecule has 2 heterocycles. The minimum atomic E-state index is -1.18. The minimum Gasteiger partial charge on any atom is -0.479 e. The molecule has 1 fully saturated rings. The van der Waals surface area contributed by atoms with E-state index in [4.69, 9.17) is 37.2 Å². The van der Waals surface area contributed by atoms with Gasteiger partial charge in [-0.1, -0.05) is 171 Å². The molecule has 1 aliphatic heterocycles. The molecule has 2 aromatic carbocycles. The molecule has 5 N–H and O–H groups in total. The number of amides is 2. The summed E-state index contributed by atoms with van der Waals surface area (Å²) in [4.78, 5) is 46.4. The second-order valence-corrected chi connectivity index (χ2v) is 23.8. The molecular weight excluding hydrogens is 1260 g/mol. The molecule has 4 rings (SSSR count). The number of aromatic nitrogens is 3. The first-order valence-corrected chi connectivity index (χ1v) is 24.5. The van der Waals surface area contributed by atoms with E-state index in [9.17, 15) is 19.2 Å². The molecule has 0 spiro atoms. The fraction of sp³-hybridized carbons (Fsp3) is 0.565. The summed E-state index contributed by atoms with van der Waals surface area (Å²) in [5, 5.41) is 31.9. The van der Waals surface area contributed by atoms with Crippen molar-refractivity contribution in [3.63, 3.8) is 0 Å². The Hall–Kier alpha value is -3.77. The number of carbonyl (C=O) groups excluding carboxylic acids is 2. The number of terminal acetylenes is 1. The van der Waals surface area contributed by atoms with Crippen molar-refractivity contribution in [3.8, 4) is 12.3 Å². The Kier molecular flexibility index (Phi) is 44.1. The van der Waals surface area contributed by atoms with Crippen LogP contribution in [0.1, 0.15) is 126 Å². The van der Waals surface area contributed by atoms with Crippen molar-refractivity contribution in [3.05, 3.63) is 99.7 Å². The predicted octanol–water partition coefficient (Wildman–Crippen LogP) is 11.1. The van der Waals surface area contributed by atoms with Crippen molar-refractivity contribution in [1.82, 2.24) is 26.0 Å². The molecule has 0 unspecified atom stereocenters. The zero-order valence-electron chi connectivity index (χ0n) is 40.7. The first-order chi connectivity index (χ1) is 30.7. The van der Waals surface area contributed by atoms with Gasteiger partial charge in [-0.05, 0) is 57.9 Å². The fourth-order valence-electron chi connectivity index (χ4n) is 6.78. The maximum Gasteiger partial charge on any atom is 1.00 e. The second kappa shape index (κ2) is 42.3. The molecule has 0 aliphatic carbocycles. The van der Waals surface area contributed by atoms with E-state index >= 15 is 0 Å². The number of H-pyrrole nitrogens is 1. The number of nitrogens with one attached hydrogen (secondary N) is 3. The minimum absolute atomic E-state index is 0. The Morgan fingerprint density at radius 3 is 1.31 bits per heavy atom. The zero-order chi connectivity index (χ0) is 49.9. The number of hydrogen-bond acceptors (Lipinski definition) is 9. The van der Waals surface area contributed by atoms with Gasteiger partial charge >= 0.3 is 68.9 Å². The number of nitrogens with zero attached hydrogens (tertiary/aromatic N) is 5. The van der Waals surface area contributed by atoms with E-state index in [2.05, 4.69) is 126 Å². The van der Waals surface area contributed by atoms with Crippen LogP contribution in [-0.4, -0.2) is 104 Å². The topological polar surface area (TPSA) is 261 Å². The number of carboxylic acid groups (broad SMARTS) is 2. The van der Waals surface area contributed by atoms with E-state index in [1.54, 1.807) is 60.7 Å². The Morgan fingerprint density at radius 1 is 0.731 bits per heavy atom. The number of benzene rings is 2. The second-order valence-electron chi connectivity index (χ2n) is 15.8. The van der Waals surface area contributed by atoms with Gasteiger partial charge in [-0.2, -0.15) is 0 Å². The maximum absolute atomic E-state index is 11.6. The van der Waals surface area contributed by atoms with Crippen LogP contribution in [0.3, 0.4) is 0 Å². The van der Waals surface area contributed by atoms with Crippen LogP contribution in [0.25, 0.3) is 16.0 Å². The van der Waals surface area contributed by atoms with Crippen molar-refractivity contribution in [2.75, 3.05) is 19.8 Å². The van der Waals surface area contributed by atoms with Crippen LogP contribution in [0.4, 0.5) is 9.59 Å². The van der Waals surface area contributed by atoms with Crippen molar-refractivity contribution >= 4 is 40.0 Å². The molecule has 1 saturated heterocycles. The van der Waals surface area contributed by atoms with Crippen LogP contribution in [0.15, 0.2) is 60.7 Å². The third kappa shape index (κ3) is 34.2. The van der Waals surface area contributed by atoms with Gasteiger partial charge in [0.05, 0.1) is 0 Å². The number of aromatic amines is 1. The summed E-state index contributed by atoms with van der Waals surface area (Å²) in [5.74, 6) is -0.240. The van der Waals surface area contributed by atoms with Gasteiger partial charge < -0.3 is 57.4 Å². The van der Waals surface area contributed by atoms with Gasteiger partial charge in [0.15, 0.2) is 18.7 Å². The molecule has 21 heteroatoms. The van der Waals surface area contributed by atoms with Crippen LogP contribution < -0.4 is 10.6 Å². The van der Waals surface area contributed by atoms with Gasteiger partial charge in [-0.15, -0.1) is 11.6 Å². The monoisotopic (exact) mass is 1340 g/mol. The standard InChI is InChI=1S/C12H11N4O4.C12H11NO4.2C9H21P.C4H8O.2Au.N3.H2/c17-11(18)10(8-4-2-1-3-5-8)14-12(19)20-7-9-6-13-16-15-9;1-2-8-17-12(16)13-10(11(14)15)9-6-4-3-5-7-9;2*1-7(2)10(8(3)4)9(5)6;1-2-4-5-3-1;;;1-3-2;/h1-5,10H,7H2,(H,14,19)(H,17,18)(H,13,15,16);1,3-7,10H,8H2,(H,13,16)(H,14,15);2*7-9H,1-6H3;1-4H2;;;;1H/q-1;;;;;2*+1;-1;/t2*10-;;;;;;;/m11......./s1/i;;;;;;;;1+1. The smallest absolute Gasteiger partial charge is 0.479 e. The van der Waals surface area contributed by atoms with Gasteiger partial charge in [0.2, 0.25) is 0 Å². The molecule has 1 aliphatic rings. The molecule has 17 nitrogen and oxygen atoms in total. The molecule has 384 valence electrons. The number of rotatable bonds is 15. The number of hydrogen-bond donors (Lipinski definition) is 5. The summed E-state index contributed by atoms with van der Waals surface area (Å²) in [7, 11) is 0.525. The zero-order valence-corrected chi connectivity index (χ0v) is 46.8. The van der Waals surface area contributed by atoms with Crippen LogP contribution in [0.2, 0.25) is 0 Å². The molecule has 0 radical (unpaired) electrons. The quantitative estimate of drug-likeness (QED) is 0.0182. The Balaban J connectivity index is -0.000000250. The first-order valence-electron chi connectivity index (χ1n) is 21.4. The predicted molar refractivity (Wildman–Crippen MR) is 262 cm³/mol. The van der Waals surface area contributed by atoms with Gasteiger partial charge in [0.25, 0.3) is 0 Å². The molecule has 3 aromatic rings. The number of carboxylic acids is 2. The Labute approximate surface area is 433 Å². The van der Waals surface area contributed by atoms with Crippen molar-refractivity contribution in [1.29, 1.82) is 0 Å². The fourth-order valence-corrected chi connectivity index (χ4v) is 13.9. The van der Waals surface area contributed by atoms with Gasteiger partial charge in [0, 0.05) is 14.6 Å². The average Bonchev–Trinajstić information content (AvgIpc) is 4.00. The Morgan fingerprint density at radius 2 is 1.07 bits per heavy atom. The van der Waals surface area contributed by atoms with E-state index in [1.165, 1.54) is 17.8 Å². The van der Waals surface area contributed by atoms with Crippen LogP contribution >= 0.6 is 15.8 Å². The van der Waals surface area contributed by atoms with Gasteiger partial charge in [0.1, 0.15) is 6.61 Å². The summed E-state index contributed by atoms with van der Waals surface area (Å²) in [6.07, 6.45) is 8.21. The SMILES string of the molecule is C#CCOC(=O)N[C@@H](C(=O)O)c1ccccc1.C1CCOC1.CC(C)P(C(C)C)C(C)C.CC(C)P(C(C)C)C(C)C.O=C(N[C@@H](C(=O)O)c1ccccc1)OCc1[c-]nn[nH]1.[2HH].[Au+].[Au+].[N-]=[N+]=[N-]. The number of carbonyl (C=O) groups is 4. The molecule has 67 heavy (non-hydrogen) atoms. The van der Waals surface area contributed by atoms with Crippen molar-refractivity contribution in [2.45, 2.75) is 149 Å². The third-order valence-electron chi connectivity index (χ3n) is 8.74. The van der Waals surface area contributed by atoms with E-state index in [0.29, 0.717) is 16.8 Å². The average molecular weight is 1340 g/mol. The van der Waals surface area contributed by atoms with Crippen molar-refractivity contribution in [2.24, 2.45) is 0 Å². The van der Waals surface area contributed by atoms with Crippen molar-refractivity contribution < 1.29 is 89.8 Å². The van der Waals surface area contributed by atoms with Gasteiger partial charge in [-0.3, -0.25) is 10.0 Å². The summed E-state index contributed by atoms with van der Waals surface area (Å²) in [6.45, 7) is 29.9. The molecular formula is C46H74Au2N8O9P2. The molecule has 0 saturated carbocycles. The first kappa shape index (κ1) is 69.8. The summed E-state index contributed by atoms with van der Waals surface area (Å²) in [6, 6.07) is 14.3.